The molecule has 1 rings (SSSR count). The molecule has 0 bridgehead atoms. The molecule has 14 heavy (non-hydrogen) atoms. The SMILES string of the molecule is CC(C)CNCc1ccn(CC#N)c1. The van der Waals surface area contributed by atoms with Gasteiger partial charge in [0.15, 0.2) is 0 Å². The molecule has 0 fully saturated rings. The van der Waals surface area contributed by atoms with Gasteiger partial charge in [0.25, 0.3) is 0 Å². The van der Waals surface area contributed by atoms with Gasteiger partial charge in [0.05, 0.1) is 6.07 Å². The Morgan fingerprint density at radius 1 is 1.57 bits per heavy atom. The third-order valence-electron chi connectivity index (χ3n) is 1.95. The van der Waals surface area contributed by atoms with Gasteiger partial charge in [-0.25, -0.2) is 0 Å². The van der Waals surface area contributed by atoms with E-state index in [1.807, 2.05) is 23.0 Å². The number of rotatable bonds is 5. The van der Waals surface area contributed by atoms with Crippen molar-refractivity contribution in [1.29, 1.82) is 5.26 Å². The van der Waals surface area contributed by atoms with Crippen molar-refractivity contribution in [2.75, 3.05) is 6.54 Å². The summed E-state index contributed by atoms with van der Waals surface area (Å²) in [7, 11) is 0. The Morgan fingerprint density at radius 2 is 2.36 bits per heavy atom. The lowest BCUT2D eigenvalue weighted by molar-refractivity contribution is 0.552. The molecule has 3 nitrogen and oxygen atoms in total. The molecular weight excluding hydrogens is 174 g/mol. The van der Waals surface area contributed by atoms with Crippen molar-refractivity contribution >= 4 is 0 Å². The van der Waals surface area contributed by atoms with Crippen LogP contribution in [0.4, 0.5) is 0 Å². The van der Waals surface area contributed by atoms with Crippen LogP contribution in [0.1, 0.15) is 19.4 Å². The average Bonchev–Trinajstić information content (AvgIpc) is 2.53. The van der Waals surface area contributed by atoms with Gasteiger partial charge in [-0.05, 0) is 24.1 Å². The van der Waals surface area contributed by atoms with E-state index in [9.17, 15) is 0 Å². The van der Waals surface area contributed by atoms with Crippen LogP contribution in [0, 0.1) is 17.2 Å². The minimum Gasteiger partial charge on any atom is -0.340 e. The molecule has 0 atom stereocenters. The summed E-state index contributed by atoms with van der Waals surface area (Å²) in [5, 5.41) is 11.9. The number of aromatic nitrogens is 1. The molecule has 0 saturated heterocycles. The first-order valence-corrected chi connectivity index (χ1v) is 4.94. The smallest absolute Gasteiger partial charge is 0.109 e. The molecule has 0 aliphatic carbocycles. The summed E-state index contributed by atoms with van der Waals surface area (Å²) in [4.78, 5) is 0. The van der Waals surface area contributed by atoms with E-state index >= 15 is 0 Å². The Hall–Kier alpha value is -1.27. The monoisotopic (exact) mass is 191 g/mol. The standard InChI is InChI=1S/C11H17N3/c1-10(2)7-13-8-11-3-5-14(9-11)6-4-12/h3,5,9-10,13H,6-8H2,1-2H3. The van der Waals surface area contributed by atoms with Crippen molar-refractivity contribution in [1.82, 2.24) is 9.88 Å². The zero-order valence-corrected chi connectivity index (χ0v) is 8.83. The third kappa shape index (κ3) is 3.63. The van der Waals surface area contributed by atoms with Gasteiger partial charge in [-0.3, -0.25) is 0 Å². The van der Waals surface area contributed by atoms with Crippen LogP contribution in [-0.4, -0.2) is 11.1 Å². The Balaban J connectivity index is 2.33. The Kier molecular flexibility index (Phi) is 4.21. The van der Waals surface area contributed by atoms with Crippen molar-refractivity contribution in [2.24, 2.45) is 5.92 Å². The minimum absolute atomic E-state index is 0.435. The fourth-order valence-corrected chi connectivity index (χ4v) is 1.28. The average molecular weight is 191 g/mol. The molecule has 0 aliphatic heterocycles. The van der Waals surface area contributed by atoms with Gasteiger partial charge in [0, 0.05) is 18.9 Å². The highest BCUT2D eigenvalue weighted by Crippen LogP contribution is 2.00. The zero-order chi connectivity index (χ0) is 10.4. The molecule has 0 unspecified atom stereocenters. The van der Waals surface area contributed by atoms with Crippen LogP contribution in [0.2, 0.25) is 0 Å². The summed E-state index contributed by atoms with van der Waals surface area (Å²) >= 11 is 0. The lowest BCUT2D eigenvalue weighted by Crippen LogP contribution is -2.18. The lowest BCUT2D eigenvalue weighted by atomic mass is 10.2. The molecule has 0 aliphatic rings. The first-order valence-electron chi connectivity index (χ1n) is 4.94. The number of nitriles is 1. The first kappa shape index (κ1) is 10.8. The van der Waals surface area contributed by atoms with Gasteiger partial charge in [-0.2, -0.15) is 5.26 Å². The van der Waals surface area contributed by atoms with Crippen molar-refractivity contribution < 1.29 is 0 Å². The van der Waals surface area contributed by atoms with Crippen LogP contribution >= 0.6 is 0 Å². The molecule has 1 aromatic rings. The molecule has 3 heteroatoms. The first-order chi connectivity index (χ1) is 6.72. The summed E-state index contributed by atoms with van der Waals surface area (Å²) in [5.74, 6) is 0.677. The van der Waals surface area contributed by atoms with E-state index in [0.717, 1.165) is 13.1 Å². The van der Waals surface area contributed by atoms with Crippen molar-refractivity contribution in [3.05, 3.63) is 24.0 Å². The van der Waals surface area contributed by atoms with Gasteiger partial charge in [-0.1, -0.05) is 13.8 Å². The fourth-order valence-electron chi connectivity index (χ4n) is 1.28. The quantitative estimate of drug-likeness (QED) is 0.770. The number of nitrogens with zero attached hydrogens (tertiary/aromatic N) is 2. The van der Waals surface area contributed by atoms with E-state index < -0.39 is 0 Å². The number of hydrogen-bond acceptors (Lipinski definition) is 2. The number of nitrogens with one attached hydrogen (secondary N) is 1. The van der Waals surface area contributed by atoms with E-state index in [0.29, 0.717) is 12.5 Å². The molecule has 1 aromatic heterocycles. The van der Waals surface area contributed by atoms with E-state index in [2.05, 4.69) is 25.2 Å². The predicted molar refractivity (Wildman–Crippen MR) is 56.6 cm³/mol. The van der Waals surface area contributed by atoms with Crippen molar-refractivity contribution in [3.8, 4) is 6.07 Å². The maximum absolute atomic E-state index is 8.49. The van der Waals surface area contributed by atoms with Crippen LogP contribution in [0.5, 0.6) is 0 Å². The molecule has 0 saturated carbocycles. The Bertz CT molecular complexity index is 307. The fraction of sp³-hybridized carbons (Fsp3) is 0.545. The summed E-state index contributed by atoms with van der Waals surface area (Å²) < 4.78 is 1.90. The molecule has 0 amide bonds. The highest BCUT2D eigenvalue weighted by molar-refractivity contribution is 5.10. The predicted octanol–water partition coefficient (Wildman–Crippen LogP) is 1.76. The van der Waals surface area contributed by atoms with Gasteiger partial charge < -0.3 is 9.88 Å². The largest absolute Gasteiger partial charge is 0.340 e. The van der Waals surface area contributed by atoms with Crippen LogP contribution in [0.15, 0.2) is 18.5 Å². The maximum atomic E-state index is 8.49. The van der Waals surface area contributed by atoms with E-state index in [1.165, 1.54) is 5.56 Å². The van der Waals surface area contributed by atoms with E-state index in [-0.39, 0.29) is 0 Å². The van der Waals surface area contributed by atoms with Crippen LogP contribution < -0.4 is 5.32 Å². The minimum atomic E-state index is 0.435. The van der Waals surface area contributed by atoms with Crippen LogP contribution in [0.3, 0.4) is 0 Å². The highest BCUT2D eigenvalue weighted by Gasteiger charge is 1.97. The second-order valence-corrected chi connectivity index (χ2v) is 3.87. The van der Waals surface area contributed by atoms with E-state index in [1.54, 1.807) is 0 Å². The van der Waals surface area contributed by atoms with Crippen LogP contribution in [0.25, 0.3) is 0 Å². The Labute approximate surface area is 85.3 Å². The Morgan fingerprint density at radius 3 is 3.00 bits per heavy atom. The molecule has 0 radical (unpaired) electrons. The van der Waals surface area contributed by atoms with E-state index in [4.69, 9.17) is 5.26 Å². The third-order valence-corrected chi connectivity index (χ3v) is 1.95. The normalized spacial score (nSPS) is 10.4. The summed E-state index contributed by atoms with van der Waals surface area (Å²) in [6.07, 6.45) is 3.95. The molecule has 1 N–H and O–H groups in total. The molecule has 1 heterocycles. The topological polar surface area (TPSA) is 40.8 Å². The maximum Gasteiger partial charge on any atom is 0.109 e. The molecule has 76 valence electrons. The summed E-state index contributed by atoms with van der Waals surface area (Å²) in [6, 6.07) is 4.16. The van der Waals surface area contributed by atoms with Gasteiger partial charge in [0.2, 0.25) is 0 Å². The van der Waals surface area contributed by atoms with Gasteiger partial charge in [-0.15, -0.1) is 0 Å². The number of hydrogen-bond donors (Lipinski definition) is 1. The lowest BCUT2D eigenvalue weighted by Gasteiger charge is -2.05. The second-order valence-electron chi connectivity index (χ2n) is 3.87. The van der Waals surface area contributed by atoms with Crippen molar-refractivity contribution in [3.63, 3.8) is 0 Å². The van der Waals surface area contributed by atoms with Crippen LogP contribution in [-0.2, 0) is 13.1 Å². The zero-order valence-electron chi connectivity index (χ0n) is 8.83. The highest BCUT2D eigenvalue weighted by atomic mass is 14.9. The summed E-state index contributed by atoms with van der Waals surface area (Å²) in [6.45, 7) is 6.73. The summed E-state index contributed by atoms with van der Waals surface area (Å²) in [5.41, 5.74) is 1.24. The van der Waals surface area contributed by atoms with Gasteiger partial charge in [0.1, 0.15) is 6.54 Å². The second kappa shape index (κ2) is 5.46. The van der Waals surface area contributed by atoms with Crippen molar-refractivity contribution in [2.45, 2.75) is 26.9 Å². The molecule has 0 spiro atoms. The molecular formula is C11H17N3. The van der Waals surface area contributed by atoms with Gasteiger partial charge >= 0.3 is 0 Å². The molecule has 0 aromatic carbocycles.